The predicted octanol–water partition coefficient (Wildman–Crippen LogP) is 2.17. The van der Waals surface area contributed by atoms with Crippen LogP contribution in [0.5, 0.6) is 0 Å². The number of hydrogen-bond acceptors (Lipinski definition) is 16. The summed E-state index contributed by atoms with van der Waals surface area (Å²) in [6.07, 6.45) is -1.13. The second kappa shape index (κ2) is 12.2. The molecule has 5 N–H and O–H groups in total. The van der Waals surface area contributed by atoms with Crippen molar-refractivity contribution in [3.8, 4) is 0 Å². The van der Waals surface area contributed by atoms with Gasteiger partial charge in [-0.1, -0.05) is 19.2 Å². The van der Waals surface area contributed by atoms with E-state index in [1.807, 2.05) is 6.92 Å². The highest BCUT2D eigenvalue weighted by molar-refractivity contribution is 8.44. The van der Waals surface area contributed by atoms with Crippen LogP contribution in [0.3, 0.4) is 0 Å². The van der Waals surface area contributed by atoms with Crippen LogP contribution in [0.2, 0.25) is 0 Å². The number of nitrogens with one attached hydrogen (secondary N) is 1. The average Bonchev–Trinajstić information content (AvgIpc) is 3.42. The lowest BCUT2D eigenvalue weighted by Crippen LogP contribution is -2.31. The topological polar surface area (TPSA) is 249 Å². The Morgan fingerprint density at radius 3 is 2.68 bits per heavy atom. The molecule has 4 aromatic heterocycles. The summed E-state index contributed by atoms with van der Waals surface area (Å²) < 4.78 is 77.9. The SMILES string of the molecule is CC[C@@H]1C2C[C@]2(CO[PH](=O)O[C@@H]2[C@H](F)[C@@H](CO[P@@](=O)(S)OC)O[C@H]2n2cnc3c(=O)[nH]c(N)nc32)O[C@H]1n1cnc2c(N)ncnc21. The maximum atomic E-state index is 15.9. The highest BCUT2D eigenvalue weighted by atomic mass is 32.7. The third kappa shape index (κ3) is 5.76. The molecule has 254 valence electrons. The van der Waals surface area contributed by atoms with Crippen LogP contribution in [0.15, 0.2) is 23.8 Å². The quantitative estimate of drug-likeness (QED) is 0.121. The molecule has 0 bridgehead atoms. The number of ether oxygens (including phenoxy) is 2. The summed E-state index contributed by atoms with van der Waals surface area (Å²) >= 11 is 3.79. The van der Waals surface area contributed by atoms with Gasteiger partial charge in [-0.3, -0.25) is 32.5 Å². The van der Waals surface area contributed by atoms with E-state index in [4.69, 9.17) is 39.0 Å². The van der Waals surface area contributed by atoms with Gasteiger partial charge >= 0.3 is 15.1 Å². The Bertz CT molecular complexity index is 1960. The normalized spacial score (nSPS) is 32.1. The van der Waals surface area contributed by atoms with E-state index in [9.17, 15) is 13.9 Å². The van der Waals surface area contributed by atoms with E-state index < -0.39 is 63.7 Å². The Morgan fingerprint density at radius 1 is 1.19 bits per heavy atom. The molecule has 1 aliphatic carbocycles. The van der Waals surface area contributed by atoms with Crippen molar-refractivity contribution >= 4 is 61.4 Å². The number of imidazole rings is 2. The van der Waals surface area contributed by atoms with Crippen LogP contribution >= 0.6 is 27.3 Å². The molecule has 2 aliphatic heterocycles. The fraction of sp³-hybridized carbons (Fsp3) is 0.583. The molecule has 2 unspecified atom stereocenters. The minimum Gasteiger partial charge on any atom is -0.382 e. The third-order valence-corrected chi connectivity index (χ3v) is 11.4. The molecule has 0 spiro atoms. The van der Waals surface area contributed by atoms with Crippen molar-refractivity contribution in [2.45, 2.75) is 56.2 Å². The third-order valence-electron chi connectivity index (χ3n) is 8.74. The van der Waals surface area contributed by atoms with Gasteiger partial charge in [0, 0.05) is 18.9 Å². The van der Waals surface area contributed by atoms with Crippen molar-refractivity contribution in [2.75, 3.05) is 31.8 Å². The number of nitrogens with two attached hydrogens (primary N) is 2. The van der Waals surface area contributed by atoms with Crippen molar-refractivity contribution in [2.24, 2.45) is 11.8 Å². The number of nitrogens with zero attached hydrogens (tertiary/aromatic N) is 7. The summed E-state index contributed by atoms with van der Waals surface area (Å²) in [7, 11) is -2.27. The van der Waals surface area contributed by atoms with Crippen LogP contribution in [0.4, 0.5) is 16.2 Å². The van der Waals surface area contributed by atoms with E-state index in [1.165, 1.54) is 17.2 Å². The van der Waals surface area contributed by atoms with Gasteiger partial charge in [-0.15, -0.1) is 0 Å². The highest BCUT2D eigenvalue weighted by Gasteiger charge is 2.67. The number of H-pyrrole nitrogens is 1. The molecule has 0 amide bonds. The maximum Gasteiger partial charge on any atom is 0.385 e. The van der Waals surface area contributed by atoms with Crippen molar-refractivity contribution < 1.29 is 41.1 Å². The number of anilines is 2. The minimum absolute atomic E-state index is 0.0364. The van der Waals surface area contributed by atoms with Crippen LogP contribution in [0, 0.1) is 11.8 Å². The summed E-state index contributed by atoms with van der Waals surface area (Å²) in [5.41, 5.74) is 11.1. The first kappa shape index (κ1) is 32.5. The van der Waals surface area contributed by atoms with E-state index >= 15 is 4.39 Å². The molecule has 0 aromatic carbocycles. The lowest BCUT2D eigenvalue weighted by Gasteiger charge is -2.24. The summed E-state index contributed by atoms with van der Waals surface area (Å²) in [6.45, 7) is -2.41. The van der Waals surface area contributed by atoms with Crippen LogP contribution in [0.25, 0.3) is 22.3 Å². The first-order chi connectivity index (χ1) is 22.4. The minimum atomic E-state index is -3.80. The molecule has 6 heterocycles. The Morgan fingerprint density at radius 2 is 1.94 bits per heavy atom. The highest BCUT2D eigenvalue weighted by Crippen LogP contribution is 2.64. The van der Waals surface area contributed by atoms with Gasteiger partial charge in [-0.25, -0.2) is 28.9 Å². The van der Waals surface area contributed by atoms with Gasteiger partial charge in [0.05, 0.1) is 31.5 Å². The molecular formula is C24H31FN10O9P2S. The van der Waals surface area contributed by atoms with E-state index in [0.29, 0.717) is 17.6 Å². The van der Waals surface area contributed by atoms with Crippen molar-refractivity contribution in [3.63, 3.8) is 0 Å². The lowest BCUT2D eigenvalue weighted by atomic mass is 9.99. The smallest absolute Gasteiger partial charge is 0.382 e. The van der Waals surface area contributed by atoms with Crippen LogP contribution < -0.4 is 17.0 Å². The van der Waals surface area contributed by atoms with Gasteiger partial charge in [0.2, 0.25) is 5.95 Å². The van der Waals surface area contributed by atoms with Gasteiger partial charge in [-0.2, -0.15) is 4.98 Å². The molecule has 23 heteroatoms. The Hall–Kier alpha value is -3.00. The van der Waals surface area contributed by atoms with E-state index in [-0.39, 0.29) is 41.4 Å². The zero-order chi connectivity index (χ0) is 33.2. The molecule has 19 nitrogen and oxygen atoms in total. The van der Waals surface area contributed by atoms with Gasteiger partial charge in [0.15, 0.2) is 35.0 Å². The van der Waals surface area contributed by atoms with Crippen LogP contribution in [0.1, 0.15) is 32.2 Å². The fourth-order valence-electron chi connectivity index (χ4n) is 6.38. The average molecular weight is 717 g/mol. The lowest BCUT2D eigenvalue weighted by molar-refractivity contribution is -0.0707. The Kier molecular flexibility index (Phi) is 8.42. The Balaban J connectivity index is 1.08. The van der Waals surface area contributed by atoms with E-state index in [2.05, 4.69) is 42.2 Å². The molecule has 3 fully saturated rings. The van der Waals surface area contributed by atoms with Crippen molar-refractivity contribution in [1.82, 2.24) is 39.0 Å². The number of nitrogen functional groups attached to an aromatic ring is 2. The van der Waals surface area contributed by atoms with E-state index in [0.717, 1.165) is 13.5 Å². The maximum absolute atomic E-state index is 15.9. The van der Waals surface area contributed by atoms with Gasteiger partial charge < -0.3 is 30.0 Å². The molecule has 10 atom stereocenters. The first-order valence-corrected chi connectivity index (χ1v) is 18.4. The van der Waals surface area contributed by atoms with Crippen LogP contribution in [-0.2, 0) is 36.7 Å². The van der Waals surface area contributed by atoms with Crippen molar-refractivity contribution in [1.29, 1.82) is 0 Å². The summed E-state index contributed by atoms with van der Waals surface area (Å²) in [4.78, 5) is 35.5. The number of thiol groups is 1. The van der Waals surface area contributed by atoms with Gasteiger partial charge in [0.1, 0.15) is 30.3 Å². The summed E-state index contributed by atoms with van der Waals surface area (Å²) in [6, 6.07) is 0. The molecule has 1 saturated carbocycles. The molecule has 7 rings (SSSR count). The van der Waals surface area contributed by atoms with Gasteiger partial charge in [0.25, 0.3) is 5.56 Å². The second-order valence-electron chi connectivity index (χ2n) is 11.4. The number of halogens is 1. The van der Waals surface area contributed by atoms with Crippen LogP contribution in [-0.4, -0.2) is 83.3 Å². The number of aromatic nitrogens is 8. The summed E-state index contributed by atoms with van der Waals surface area (Å²) in [5, 5.41) is 0. The first-order valence-electron chi connectivity index (χ1n) is 14.4. The molecule has 3 aliphatic rings. The molecule has 47 heavy (non-hydrogen) atoms. The second-order valence-corrected chi connectivity index (χ2v) is 15.4. The zero-order valence-corrected chi connectivity index (χ0v) is 27.6. The molecule has 4 aromatic rings. The fourth-order valence-corrected chi connectivity index (χ4v) is 7.92. The molecular weight excluding hydrogens is 685 g/mol. The number of alkyl halides is 1. The van der Waals surface area contributed by atoms with E-state index in [1.54, 1.807) is 10.9 Å². The zero-order valence-electron chi connectivity index (χ0n) is 24.8. The summed E-state index contributed by atoms with van der Waals surface area (Å²) in [5.74, 6) is 0.196. The standard InChI is InChI=1S/C24H31FN10O9P2S/c1-3-10-11-4-24(11,43-21(10)34-8-30-14-17(26)28-7-29-18(14)34)6-40-45(37)44-16-13(25)12(5-41-46(38,47)39-2)42-22(16)35-9-31-15-19(35)32-23(27)33-20(15)36/h7-13,16,21-22,45H,3-6H2,1-2H3,(H,38,47)(H2,26,28,29)(H3,27,32,33,36)/t10-,11?,12-,13-,16-,21-,22-,24-,46+/m1/s1. The monoisotopic (exact) mass is 716 g/mol. The number of hydrogen-bond donors (Lipinski definition) is 4. The predicted molar refractivity (Wildman–Crippen MR) is 165 cm³/mol. The number of aromatic amines is 1. The van der Waals surface area contributed by atoms with Crippen molar-refractivity contribution in [3.05, 3.63) is 29.3 Å². The largest absolute Gasteiger partial charge is 0.385 e. The number of rotatable bonds is 12. The molecule has 0 radical (unpaired) electrons. The Labute approximate surface area is 270 Å². The van der Waals surface area contributed by atoms with Gasteiger partial charge in [-0.05, 0) is 12.8 Å². The molecule has 2 saturated heterocycles. The number of fused-ring (bicyclic) bond motifs is 3.